The number of hydrogen-bond acceptors (Lipinski definition) is 2. The average Bonchev–Trinajstić information content (AvgIpc) is 3.17. The molecule has 0 radical (unpaired) electrons. The number of alkyl halides is 3. The summed E-state index contributed by atoms with van der Waals surface area (Å²) in [6.45, 7) is 0.278. The van der Waals surface area contributed by atoms with E-state index in [0.29, 0.717) is 18.3 Å². The van der Waals surface area contributed by atoms with Gasteiger partial charge in [0.25, 0.3) is 0 Å². The summed E-state index contributed by atoms with van der Waals surface area (Å²) in [6, 6.07) is 2.91. The fourth-order valence-electron chi connectivity index (χ4n) is 3.33. The van der Waals surface area contributed by atoms with Gasteiger partial charge in [0.05, 0.1) is 6.61 Å². The van der Waals surface area contributed by atoms with E-state index in [1.54, 1.807) is 0 Å². The lowest BCUT2D eigenvalue weighted by molar-refractivity contribution is -0.276. The van der Waals surface area contributed by atoms with Crippen LogP contribution in [0.2, 0.25) is 0 Å². The molecule has 2 aliphatic rings. The first kappa shape index (κ1) is 17.4. The fraction of sp³-hybridized carbons (Fsp3) is 0.667. The predicted octanol–water partition coefficient (Wildman–Crippen LogP) is 5.64. The highest BCUT2D eigenvalue weighted by molar-refractivity contribution is 5.45. The van der Waals surface area contributed by atoms with Gasteiger partial charge in [-0.3, -0.25) is 0 Å². The van der Waals surface area contributed by atoms with Crippen LogP contribution in [0.15, 0.2) is 12.1 Å². The van der Waals surface area contributed by atoms with E-state index in [-0.39, 0.29) is 17.9 Å². The molecule has 3 rings (SSSR count). The minimum absolute atomic E-state index is 0.164. The van der Waals surface area contributed by atoms with Crippen LogP contribution < -0.4 is 9.47 Å². The normalized spacial score (nSPS) is 18.8. The minimum Gasteiger partial charge on any atom is -0.490 e. The van der Waals surface area contributed by atoms with E-state index in [1.807, 2.05) is 0 Å². The van der Waals surface area contributed by atoms with Crippen molar-refractivity contribution in [3.05, 3.63) is 23.5 Å². The quantitative estimate of drug-likeness (QED) is 0.595. The van der Waals surface area contributed by atoms with Crippen molar-refractivity contribution in [2.45, 2.75) is 57.7 Å². The van der Waals surface area contributed by atoms with Gasteiger partial charge < -0.3 is 9.47 Å². The van der Waals surface area contributed by atoms with Crippen molar-refractivity contribution in [1.29, 1.82) is 0 Å². The highest BCUT2D eigenvalue weighted by Gasteiger charge is 2.35. The molecular weight excluding hydrogens is 324 g/mol. The van der Waals surface area contributed by atoms with Crippen LogP contribution in [0.25, 0.3) is 0 Å². The number of hydrogen-bond donors (Lipinski definition) is 0. The molecule has 24 heavy (non-hydrogen) atoms. The Balaban J connectivity index is 1.71. The van der Waals surface area contributed by atoms with Crippen LogP contribution in [-0.2, 0) is 6.42 Å². The Bertz CT molecular complexity index is 561. The zero-order chi connectivity index (χ0) is 17.2. The second-order valence-corrected chi connectivity index (χ2v) is 6.85. The van der Waals surface area contributed by atoms with Crippen LogP contribution in [0.4, 0.5) is 17.6 Å². The second kappa shape index (κ2) is 7.19. The summed E-state index contributed by atoms with van der Waals surface area (Å²) >= 11 is 0. The Kier molecular flexibility index (Phi) is 5.21. The molecule has 0 spiro atoms. The third-order valence-electron chi connectivity index (χ3n) is 4.82. The molecule has 1 aromatic rings. The summed E-state index contributed by atoms with van der Waals surface area (Å²) in [7, 11) is 0. The van der Waals surface area contributed by atoms with Gasteiger partial charge in [-0.25, -0.2) is 4.39 Å². The van der Waals surface area contributed by atoms with Crippen molar-refractivity contribution in [3.8, 4) is 11.5 Å². The molecule has 2 nitrogen and oxygen atoms in total. The average molecular weight is 346 g/mol. The predicted molar refractivity (Wildman–Crippen MR) is 81.6 cm³/mol. The van der Waals surface area contributed by atoms with Crippen molar-refractivity contribution in [2.24, 2.45) is 11.8 Å². The smallest absolute Gasteiger partial charge is 0.490 e. The molecule has 0 aliphatic heterocycles. The molecular formula is C18H22F4O2. The summed E-state index contributed by atoms with van der Waals surface area (Å²) in [5, 5.41) is 0. The molecule has 0 heterocycles. The van der Waals surface area contributed by atoms with Gasteiger partial charge in [-0.2, -0.15) is 0 Å². The summed E-state index contributed by atoms with van der Waals surface area (Å²) in [4.78, 5) is 0. The number of rotatable bonds is 7. The van der Waals surface area contributed by atoms with Crippen LogP contribution >= 0.6 is 0 Å². The Morgan fingerprint density at radius 3 is 2.33 bits per heavy atom. The van der Waals surface area contributed by atoms with E-state index >= 15 is 0 Å². The molecule has 2 saturated carbocycles. The van der Waals surface area contributed by atoms with Crippen molar-refractivity contribution in [3.63, 3.8) is 0 Å². The molecule has 0 N–H and O–H groups in total. The Morgan fingerprint density at radius 2 is 1.71 bits per heavy atom. The number of benzene rings is 1. The molecule has 2 aliphatic carbocycles. The zero-order valence-corrected chi connectivity index (χ0v) is 13.5. The molecule has 0 atom stereocenters. The lowest BCUT2D eigenvalue weighted by Crippen LogP contribution is -2.19. The Morgan fingerprint density at radius 1 is 1.00 bits per heavy atom. The van der Waals surface area contributed by atoms with Gasteiger partial charge in [-0.15, -0.1) is 13.2 Å². The summed E-state index contributed by atoms with van der Waals surface area (Å²) in [5.74, 6) is -1.02. The third kappa shape index (κ3) is 4.77. The van der Waals surface area contributed by atoms with E-state index in [0.717, 1.165) is 32.1 Å². The first-order valence-electron chi connectivity index (χ1n) is 8.62. The van der Waals surface area contributed by atoms with Gasteiger partial charge in [0.2, 0.25) is 5.75 Å². The number of halogens is 4. The maximum absolute atomic E-state index is 14.5. The van der Waals surface area contributed by atoms with Gasteiger partial charge in [-0.05, 0) is 49.1 Å². The largest absolute Gasteiger partial charge is 0.573 e. The topological polar surface area (TPSA) is 18.5 Å². The van der Waals surface area contributed by atoms with E-state index in [4.69, 9.17) is 4.74 Å². The Hall–Kier alpha value is -1.46. The SMILES string of the molecule is Fc1c(CC2CC2)ccc(OCCC2CCCC2)c1OC(F)(F)F. The molecule has 6 heteroatoms. The minimum atomic E-state index is -4.94. The van der Waals surface area contributed by atoms with Crippen molar-refractivity contribution in [2.75, 3.05) is 6.61 Å². The van der Waals surface area contributed by atoms with E-state index < -0.39 is 17.9 Å². The Labute approximate surface area is 139 Å². The zero-order valence-electron chi connectivity index (χ0n) is 13.5. The molecule has 0 amide bonds. The maximum Gasteiger partial charge on any atom is 0.573 e. The van der Waals surface area contributed by atoms with Crippen LogP contribution in [0, 0.1) is 17.7 Å². The number of ether oxygens (including phenoxy) is 2. The van der Waals surface area contributed by atoms with Crippen LogP contribution in [0.5, 0.6) is 11.5 Å². The molecule has 134 valence electrons. The lowest BCUT2D eigenvalue weighted by Gasteiger charge is -2.17. The van der Waals surface area contributed by atoms with Crippen molar-refractivity contribution >= 4 is 0 Å². The molecule has 0 aromatic heterocycles. The lowest BCUT2D eigenvalue weighted by atomic mass is 10.1. The molecule has 0 unspecified atom stereocenters. The van der Waals surface area contributed by atoms with Gasteiger partial charge in [0.15, 0.2) is 11.6 Å². The summed E-state index contributed by atoms with van der Waals surface area (Å²) < 4.78 is 61.7. The fourth-order valence-corrected chi connectivity index (χ4v) is 3.33. The van der Waals surface area contributed by atoms with Crippen LogP contribution in [0.3, 0.4) is 0 Å². The molecule has 0 saturated heterocycles. The van der Waals surface area contributed by atoms with Crippen molar-refractivity contribution in [1.82, 2.24) is 0 Å². The van der Waals surface area contributed by atoms with Gasteiger partial charge in [0, 0.05) is 0 Å². The maximum atomic E-state index is 14.5. The summed E-state index contributed by atoms with van der Waals surface area (Å²) in [5.41, 5.74) is 0.264. The van der Waals surface area contributed by atoms with Crippen LogP contribution in [-0.4, -0.2) is 13.0 Å². The van der Waals surface area contributed by atoms with Gasteiger partial charge in [-0.1, -0.05) is 31.7 Å². The first-order valence-corrected chi connectivity index (χ1v) is 8.62. The van der Waals surface area contributed by atoms with E-state index in [9.17, 15) is 17.6 Å². The standard InChI is InChI=1S/C18H22F4O2/c19-16-14(11-13-5-6-13)7-8-15(17(16)24-18(20,21)22)23-10-9-12-3-1-2-4-12/h7-8,12-13H,1-6,9-11H2. The second-order valence-electron chi connectivity index (χ2n) is 6.85. The molecule has 1 aromatic carbocycles. The third-order valence-corrected chi connectivity index (χ3v) is 4.82. The molecule has 0 bridgehead atoms. The van der Waals surface area contributed by atoms with E-state index in [2.05, 4.69) is 4.74 Å². The molecule has 2 fully saturated rings. The van der Waals surface area contributed by atoms with Crippen molar-refractivity contribution < 1.29 is 27.0 Å². The summed E-state index contributed by atoms with van der Waals surface area (Å²) in [6.07, 6.45) is 2.91. The van der Waals surface area contributed by atoms with Crippen LogP contribution in [0.1, 0.15) is 50.5 Å². The van der Waals surface area contributed by atoms with Gasteiger partial charge in [0.1, 0.15) is 0 Å². The van der Waals surface area contributed by atoms with E-state index in [1.165, 1.54) is 25.0 Å². The monoisotopic (exact) mass is 346 g/mol. The van der Waals surface area contributed by atoms with Gasteiger partial charge >= 0.3 is 6.36 Å². The highest BCUT2D eigenvalue weighted by Crippen LogP contribution is 2.40. The highest BCUT2D eigenvalue weighted by atomic mass is 19.4. The first-order chi connectivity index (χ1) is 11.4.